The van der Waals surface area contributed by atoms with Crippen LogP contribution in [0, 0.1) is 5.92 Å². The van der Waals surface area contributed by atoms with Crippen molar-refractivity contribution in [1.29, 1.82) is 0 Å². The number of hydrogen-bond acceptors (Lipinski definition) is 3. The molecule has 2 aliphatic rings. The van der Waals surface area contributed by atoms with Gasteiger partial charge in [0.2, 0.25) is 0 Å². The molecule has 2 fully saturated rings. The highest BCUT2D eigenvalue weighted by Crippen LogP contribution is 2.43. The van der Waals surface area contributed by atoms with E-state index in [4.69, 9.17) is 9.47 Å². The van der Waals surface area contributed by atoms with Gasteiger partial charge in [-0.2, -0.15) is 0 Å². The topological polar surface area (TPSA) is 30.5 Å². The van der Waals surface area contributed by atoms with E-state index in [9.17, 15) is 0 Å². The highest BCUT2D eigenvalue weighted by molar-refractivity contribution is 5.04. The molecule has 1 saturated carbocycles. The molecule has 2 rings (SSSR count). The first-order chi connectivity index (χ1) is 7.00. The first-order valence-corrected chi connectivity index (χ1v) is 5.93. The SMILES string of the molecule is COC1CC2(CNCC(C)(C(C)C)O2)C1. The second kappa shape index (κ2) is 3.72. The Kier molecular flexibility index (Phi) is 2.82. The van der Waals surface area contributed by atoms with Crippen molar-refractivity contribution in [2.24, 2.45) is 5.92 Å². The lowest BCUT2D eigenvalue weighted by Crippen LogP contribution is -2.67. The van der Waals surface area contributed by atoms with E-state index >= 15 is 0 Å². The molecular formula is C12H23NO2. The molecule has 1 aliphatic heterocycles. The van der Waals surface area contributed by atoms with E-state index in [0.29, 0.717) is 12.0 Å². The fourth-order valence-corrected chi connectivity index (χ4v) is 2.59. The average molecular weight is 213 g/mol. The minimum absolute atomic E-state index is 0.0169. The Morgan fingerprint density at radius 1 is 1.33 bits per heavy atom. The van der Waals surface area contributed by atoms with Gasteiger partial charge in [-0.3, -0.25) is 0 Å². The molecule has 1 spiro atoms. The van der Waals surface area contributed by atoms with Gasteiger partial charge in [0.05, 0.1) is 17.3 Å². The van der Waals surface area contributed by atoms with Crippen LogP contribution in [0.3, 0.4) is 0 Å². The summed E-state index contributed by atoms with van der Waals surface area (Å²) in [6.45, 7) is 8.62. The van der Waals surface area contributed by atoms with Crippen LogP contribution < -0.4 is 5.32 Å². The van der Waals surface area contributed by atoms with E-state index in [2.05, 4.69) is 26.1 Å². The van der Waals surface area contributed by atoms with Crippen LogP contribution in [0.25, 0.3) is 0 Å². The van der Waals surface area contributed by atoms with Crippen LogP contribution in [0.1, 0.15) is 33.6 Å². The molecule has 0 aromatic carbocycles. The molecule has 1 N–H and O–H groups in total. The highest BCUT2D eigenvalue weighted by Gasteiger charge is 2.52. The van der Waals surface area contributed by atoms with E-state index in [1.54, 1.807) is 7.11 Å². The summed E-state index contributed by atoms with van der Waals surface area (Å²) in [5.41, 5.74) is 0.0366. The van der Waals surface area contributed by atoms with E-state index < -0.39 is 0 Å². The van der Waals surface area contributed by atoms with Crippen molar-refractivity contribution in [2.45, 2.75) is 50.9 Å². The van der Waals surface area contributed by atoms with Crippen LogP contribution in [0.4, 0.5) is 0 Å². The van der Waals surface area contributed by atoms with Crippen LogP contribution in [0.5, 0.6) is 0 Å². The van der Waals surface area contributed by atoms with E-state index in [-0.39, 0.29) is 11.2 Å². The number of nitrogens with one attached hydrogen (secondary N) is 1. The van der Waals surface area contributed by atoms with E-state index in [0.717, 1.165) is 25.9 Å². The van der Waals surface area contributed by atoms with Gasteiger partial charge in [-0.05, 0) is 12.8 Å². The van der Waals surface area contributed by atoms with Crippen molar-refractivity contribution >= 4 is 0 Å². The van der Waals surface area contributed by atoms with Crippen molar-refractivity contribution in [3.63, 3.8) is 0 Å². The lowest BCUT2D eigenvalue weighted by atomic mass is 9.74. The molecule has 3 nitrogen and oxygen atoms in total. The fourth-order valence-electron chi connectivity index (χ4n) is 2.59. The minimum Gasteiger partial charge on any atom is -0.381 e. The predicted molar refractivity (Wildman–Crippen MR) is 60.0 cm³/mol. The van der Waals surface area contributed by atoms with Gasteiger partial charge in [0.1, 0.15) is 0 Å². The molecule has 0 aromatic heterocycles. The quantitative estimate of drug-likeness (QED) is 0.755. The molecule has 1 atom stereocenters. The number of ether oxygens (including phenoxy) is 2. The summed E-state index contributed by atoms with van der Waals surface area (Å²) in [5, 5.41) is 3.51. The highest BCUT2D eigenvalue weighted by atomic mass is 16.5. The Bertz CT molecular complexity index is 236. The van der Waals surface area contributed by atoms with Gasteiger partial charge in [-0.1, -0.05) is 13.8 Å². The maximum absolute atomic E-state index is 6.35. The Balaban J connectivity index is 2.00. The van der Waals surface area contributed by atoms with Crippen molar-refractivity contribution < 1.29 is 9.47 Å². The first-order valence-electron chi connectivity index (χ1n) is 5.93. The molecule has 1 aliphatic carbocycles. The summed E-state index contributed by atoms with van der Waals surface area (Å²) in [6, 6.07) is 0. The summed E-state index contributed by atoms with van der Waals surface area (Å²) >= 11 is 0. The molecule has 0 amide bonds. The normalized spacial score (nSPS) is 45.8. The standard InChI is InChI=1S/C12H23NO2/c1-9(2)11(3)7-13-8-12(15-11)5-10(6-12)14-4/h9-10,13H,5-8H2,1-4H3. The van der Waals surface area contributed by atoms with Gasteiger partial charge in [-0.25, -0.2) is 0 Å². The molecule has 1 saturated heterocycles. The van der Waals surface area contributed by atoms with Crippen molar-refractivity contribution in [3.8, 4) is 0 Å². The smallest absolute Gasteiger partial charge is 0.0863 e. The van der Waals surface area contributed by atoms with Gasteiger partial charge in [0, 0.05) is 33.0 Å². The maximum Gasteiger partial charge on any atom is 0.0863 e. The summed E-state index contributed by atoms with van der Waals surface area (Å²) in [4.78, 5) is 0. The Hall–Kier alpha value is -0.120. The zero-order chi connectivity index (χ0) is 11.1. The third kappa shape index (κ3) is 1.93. The lowest BCUT2D eigenvalue weighted by molar-refractivity contribution is -0.248. The second-order valence-corrected chi connectivity index (χ2v) is 5.62. The molecule has 0 radical (unpaired) electrons. The van der Waals surface area contributed by atoms with Gasteiger partial charge in [0.15, 0.2) is 0 Å². The Morgan fingerprint density at radius 2 is 2.00 bits per heavy atom. The fraction of sp³-hybridized carbons (Fsp3) is 1.00. The van der Waals surface area contributed by atoms with Crippen molar-refractivity contribution in [2.75, 3.05) is 20.2 Å². The molecule has 1 unspecified atom stereocenters. The predicted octanol–water partition coefficient (Wildman–Crippen LogP) is 1.57. The molecule has 0 aromatic rings. The van der Waals surface area contributed by atoms with E-state index in [1.807, 2.05) is 0 Å². The lowest BCUT2D eigenvalue weighted by Gasteiger charge is -2.55. The van der Waals surface area contributed by atoms with Gasteiger partial charge >= 0.3 is 0 Å². The van der Waals surface area contributed by atoms with Crippen LogP contribution in [0.15, 0.2) is 0 Å². The Morgan fingerprint density at radius 3 is 2.53 bits per heavy atom. The number of rotatable bonds is 2. The summed E-state index contributed by atoms with van der Waals surface area (Å²) in [6.07, 6.45) is 2.48. The van der Waals surface area contributed by atoms with Gasteiger partial charge in [-0.15, -0.1) is 0 Å². The number of morpholine rings is 1. The maximum atomic E-state index is 6.35. The number of hydrogen-bond donors (Lipinski definition) is 1. The minimum atomic E-state index is -0.0169. The molecule has 88 valence electrons. The van der Waals surface area contributed by atoms with Gasteiger partial charge < -0.3 is 14.8 Å². The Labute approximate surface area is 92.5 Å². The van der Waals surface area contributed by atoms with Gasteiger partial charge in [0.25, 0.3) is 0 Å². The second-order valence-electron chi connectivity index (χ2n) is 5.62. The number of methoxy groups -OCH3 is 1. The molecule has 15 heavy (non-hydrogen) atoms. The zero-order valence-electron chi connectivity index (χ0n) is 10.3. The zero-order valence-corrected chi connectivity index (χ0v) is 10.3. The summed E-state index contributed by atoms with van der Waals surface area (Å²) < 4.78 is 11.7. The van der Waals surface area contributed by atoms with Crippen LogP contribution in [-0.4, -0.2) is 37.5 Å². The van der Waals surface area contributed by atoms with Crippen LogP contribution in [0.2, 0.25) is 0 Å². The molecule has 3 heteroatoms. The first kappa shape index (κ1) is 11.4. The van der Waals surface area contributed by atoms with Crippen LogP contribution >= 0.6 is 0 Å². The average Bonchev–Trinajstić information content (AvgIpc) is 2.13. The van der Waals surface area contributed by atoms with Crippen LogP contribution in [-0.2, 0) is 9.47 Å². The summed E-state index contributed by atoms with van der Waals surface area (Å²) in [7, 11) is 1.79. The third-order valence-electron chi connectivity index (χ3n) is 4.13. The van der Waals surface area contributed by atoms with E-state index in [1.165, 1.54) is 0 Å². The van der Waals surface area contributed by atoms with Crippen molar-refractivity contribution in [3.05, 3.63) is 0 Å². The largest absolute Gasteiger partial charge is 0.381 e. The molecule has 0 bridgehead atoms. The van der Waals surface area contributed by atoms with Crippen molar-refractivity contribution in [1.82, 2.24) is 5.32 Å². The molecule has 1 heterocycles. The summed E-state index contributed by atoms with van der Waals surface area (Å²) in [5.74, 6) is 0.545. The molecular weight excluding hydrogens is 190 g/mol. The third-order valence-corrected chi connectivity index (χ3v) is 4.13. The monoisotopic (exact) mass is 213 g/mol.